The first-order valence-electron chi connectivity index (χ1n) is 12.9. The molecular formula is C27H31N7O2. The molecule has 3 atom stereocenters. The lowest BCUT2D eigenvalue weighted by Crippen LogP contribution is -2.38. The summed E-state index contributed by atoms with van der Waals surface area (Å²) in [5.74, 6) is 1.86. The van der Waals surface area contributed by atoms with Gasteiger partial charge in [0.05, 0.1) is 22.9 Å². The SMILES string of the molecule is C[C@H](Oc1ccnc(-c2noc3c2CCC[C@@]32CCCc3ncc(N)c(C#N)c32)n1)[C@@H]1CCCN1C. The molecule has 9 heteroatoms. The number of pyridine rings is 1. The van der Waals surface area contributed by atoms with Gasteiger partial charge in [-0.3, -0.25) is 9.88 Å². The van der Waals surface area contributed by atoms with Crippen molar-refractivity contribution in [3.05, 3.63) is 46.6 Å². The predicted molar refractivity (Wildman–Crippen MR) is 133 cm³/mol. The maximum absolute atomic E-state index is 9.98. The van der Waals surface area contributed by atoms with Crippen molar-refractivity contribution in [1.82, 2.24) is 25.0 Å². The Kier molecular flexibility index (Phi) is 5.64. The lowest BCUT2D eigenvalue weighted by molar-refractivity contribution is 0.117. The van der Waals surface area contributed by atoms with Gasteiger partial charge in [0.1, 0.15) is 12.2 Å². The van der Waals surface area contributed by atoms with Crippen LogP contribution in [0.25, 0.3) is 11.5 Å². The summed E-state index contributed by atoms with van der Waals surface area (Å²) in [4.78, 5) is 16.2. The number of aromatic nitrogens is 4. The van der Waals surface area contributed by atoms with E-state index in [2.05, 4.69) is 40.1 Å². The molecule has 9 nitrogen and oxygen atoms in total. The Hall–Kier alpha value is -3.51. The Balaban J connectivity index is 1.38. The van der Waals surface area contributed by atoms with Crippen LogP contribution in [0.4, 0.5) is 5.69 Å². The summed E-state index contributed by atoms with van der Waals surface area (Å²) in [6, 6.07) is 4.52. The molecule has 6 rings (SSSR count). The molecule has 0 saturated carbocycles. The third-order valence-electron chi connectivity index (χ3n) is 8.31. The predicted octanol–water partition coefficient (Wildman–Crippen LogP) is 3.80. The average Bonchev–Trinajstić information content (AvgIpc) is 3.52. The normalized spacial score (nSPS) is 24.2. The number of nitriles is 1. The van der Waals surface area contributed by atoms with Crippen molar-refractivity contribution in [2.75, 3.05) is 19.3 Å². The van der Waals surface area contributed by atoms with Crippen LogP contribution in [0.2, 0.25) is 0 Å². The minimum absolute atomic E-state index is 0.0239. The number of hydrogen-bond donors (Lipinski definition) is 1. The maximum Gasteiger partial charge on any atom is 0.217 e. The molecule has 2 N–H and O–H groups in total. The monoisotopic (exact) mass is 485 g/mol. The molecule has 0 aromatic carbocycles. The zero-order chi connectivity index (χ0) is 24.9. The van der Waals surface area contributed by atoms with Crippen molar-refractivity contribution in [1.29, 1.82) is 5.26 Å². The van der Waals surface area contributed by atoms with Crippen LogP contribution in [0, 0.1) is 11.3 Å². The highest BCUT2D eigenvalue weighted by Gasteiger charge is 2.48. The van der Waals surface area contributed by atoms with Crippen molar-refractivity contribution in [2.45, 2.75) is 75.9 Å². The fourth-order valence-electron chi connectivity index (χ4n) is 6.64. The van der Waals surface area contributed by atoms with Crippen LogP contribution in [0.3, 0.4) is 0 Å². The molecule has 186 valence electrons. The smallest absolute Gasteiger partial charge is 0.217 e. The highest BCUT2D eigenvalue weighted by molar-refractivity contribution is 5.65. The highest BCUT2D eigenvalue weighted by atomic mass is 16.5. The molecular weight excluding hydrogens is 454 g/mol. The number of nitrogen functional groups attached to an aromatic ring is 1. The Morgan fingerprint density at radius 1 is 1.25 bits per heavy atom. The third kappa shape index (κ3) is 3.54. The first-order chi connectivity index (χ1) is 17.5. The van der Waals surface area contributed by atoms with E-state index < -0.39 is 5.41 Å². The van der Waals surface area contributed by atoms with E-state index in [-0.39, 0.29) is 6.10 Å². The van der Waals surface area contributed by atoms with Crippen molar-refractivity contribution in [3.8, 4) is 23.5 Å². The zero-order valence-electron chi connectivity index (χ0n) is 20.8. The Morgan fingerprint density at radius 2 is 2.08 bits per heavy atom. The first-order valence-corrected chi connectivity index (χ1v) is 12.9. The second kappa shape index (κ2) is 8.86. The summed E-state index contributed by atoms with van der Waals surface area (Å²) >= 11 is 0. The Labute approximate surface area is 210 Å². The minimum atomic E-state index is -0.449. The third-order valence-corrected chi connectivity index (χ3v) is 8.31. The van der Waals surface area contributed by atoms with Gasteiger partial charge in [-0.25, -0.2) is 4.98 Å². The molecule has 0 radical (unpaired) electrons. The summed E-state index contributed by atoms with van der Waals surface area (Å²) in [5, 5.41) is 14.5. The van der Waals surface area contributed by atoms with Crippen LogP contribution < -0.4 is 10.5 Å². The number of nitrogens with zero attached hydrogens (tertiary/aromatic N) is 6. The van der Waals surface area contributed by atoms with Gasteiger partial charge in [0.15, 0.2) is 17.3 Å². The number of rotatable bonds is 4. The van der Waals surface area contributed by atoms with E-state index in [0.29, 0.717) is 34.7 Å². The lowest BCUT2D eigenvalue weighted by Gasteiger charge is -2.40. The van der Waals surface area contributed by atoms with Gasteiger partial charge in [-0.05, 0) is 71.9 Å². The van der Waals surface area contributed by atoms with Crippen molar-refractivity contribution >= 4 is 5.69 Å². The Bertz CT molecular complexity index is 1340. The number of anilines is 1. The molecule has 0 amide bonds. The number of likely N-dealkylation sites (tertiary alicyclic amines) is 1. The summed E-state index contributed by atoms with van der Waals surface area (Å²) in [5.41, 5.74) is 10.2. The van der Waals surface area contributed by atoms with Gasteiger partial charge in [0, 0.05) is 35.1 Å². The van der Waals surface area contributed by atoms with Gasteiger partial charge >= 0.3 is 0 Å². The van der Waals surface area contributed by atoms with E-state index in [1.807, 2.05) is 0 Å². The van der Waals surface area contributed by atoms with E-state index >= 15 is 0 Å². The molecule has 3 aliphatic rings. The summed E-state index contributed by atoms with van der Waals surface area (Å²) in [6.45, 7) is 3.20. The molecule has 4 heterocycles. The molecule has 3 aromatic rings. The number of likely N-dealkylation sites (N-methyl/N-ethyl adjacent to an activating group) is 1. The molecule has 1 spiro atoms. The van der Waals surface area contributed by atoms with E-state index in [1.165, 1.54) is 6.42 Å². The van der Waals surface area contributed by atoms with E-state index in [1.54, 1.807) is 18.5 Å². The summed E-state index contributed by atoms with van der Waals surface area (Å²) in [7, 11) is 2.14. The number of nitrogens with two attached hydrogens (primary N) is 1. The highest BCUT2D eigenvalue weighted by Crippen LogP contribution is 2.52. The summed E-state index contributed by atoms with van der Waals surface area (Å²) in [6.07, 6.45) is 11.0. The first kappa shape index (κ1) is 22.9. The lowest BCUT2D eigenvalue weighted by atomic mass is 9.62. The quantitative estimate of drug-likeness (QED) is 0.587. The molecule has 1 saturated heterocycles. The molecule has 0 bridgehead atoms. The van der Waals surface area contributed by atoms with Crippen molar-refractivity contribution in [3.63, 3.8) is 0 Å². The maximum atomic E-state index is 9.98. The van der Waals surface area contributed by atoms with Gasteiger partial charge in [0.2, 0.25) is 5.88 Å². The van der Waals surface area contributed by atoms with Gasteiger partial charge < -0.3 is 15.0 Å². The largest absolute Gasteiger partial charge is 0.473 e. The van der Waals surface area contributed by atoms with Crippen LogP contribution in [-0.4, -0.2) is 50.7 Å². The number of fused-ring (bicyclic) bond motifs is 4. The van der Waals surface area contributed by atoms with Crippen LogP contribution in [0.15, 0.2) is 23.0 Å². The fourth-order valence-corrected chi connectivity index (χ4v) is 6.64. The number of ether oxygens (including phenoxy) is 1. The summed E-state index contributed by atoms with van der Waals surface area (Å²) < 4.78 is 12.3. The van der Waals surface area contributed by atoms with Crippen molar-refractivity contribution in [2.24, 2.45) is 0 Å². The minimum Gasteiger partial charge on any atom is -0.473 e. The molecule has 1 aliphatic heterocycles. The fraction of sp³-hybridized carbons (Fsp3) is 0.519. The van der Waals surface area contributed by atoms with Gasteiger partial charge in [-0.15, -0.1) is 0 Å². The Morgan fingerprint density at radius 3 is 2.86 bits per heavy atom. The number of aryl methyl sites for hydroxylation is 1. The van der Waals surface area contributed by atoms with Crippen LogP contribution >= 0.6 is 0 Å². The average molecular weight is 486 g/mol. The second-order valence-electron chi connectivity index (χ2n) is 10.4. The molecule has 1 fully saturated rings. The molecule has 0 unspecified atom stereocenters. The molecule has 2 aliphatic carbocycles. The van der Waals surface area contributed by atoms with E-state index in [9.17, 15) is 5.26 Å². The zero-order valence-corrected chi connectivity index (χ0v) is 20.8. The molecule has 3 aromatic heterocycles. The van der Waals surface area contributed by atoms with Crippen LogP contribution in [0.1, 0.15) is 73.6 Å². The number of hydrogen-bond acceptors (Lipinski definition) is 9. The van der Waals surface area contributed by atoms with Crippen molar-refractivity contribution < 1.29 is 9.26 Å². The topological polar surface area (TPSA) is 127 Å². The van der Waals surface area contributed by atoms with Gasteiger partial charge in [0.25, 0.3) is 0 Å². The standard InChI is InChI=1S/C27H31N7O2/c1-16(21-8-5-13-34(21)2)35-22-9-12-30-26(32-22)24-17-6-3-10-27(25(17)36-33-24)11-4-7-20-23(27)18(14-28)19(29)15-31-20/h9,12,15-16,21H,3-8,10-11,13,29H2,1-2H3/t16-,21-,27-/m0/s1. The van der Waals surface area contributed by atoms with Gasteiger partial charge in [-0.2, -0.15) is 10.2 Å². The van der Waals surface area contributed by atoms with Crippen LogP contribution in [-0.2, 0) is 18.3 Å². The van der Waals surface area contributed by atoms with Gasteiger partial charge in [-0.1, -0.05) is 5.16 Å². The molecule has 36 heavy (non-hydrogen) atoms. The second-order valence-corrected chi connectivity index (χ2v) is 10.4. The van der Waals surface area contributed by atoms with E-state index in [0.717, 1.165) is 74.1 Å². The van der Waals surface area contributed by atoms with E-state index in [4.69, 9.17) is 20.0 Å². The van der Waals surface area contributed by atoms with Crippen LogP contribution in [0.5, 0.6) is 5.88 Å².